The van der Waals surface area contributed by atoms with E-state index in [4.69, 9.17) is 0 Å². The molecular weight excluding hydrogens is 320 g/mol. The van der Waals surface area contributed by atoms with E-state index in [2.05, 4.69) is 10.1 Å². The summed E-state index contributed by atoms with van der Waals surface area (Å²) >= 11 is 0. The standard InChI is InChI=1S/C19H20N2O4/c1-21(13-14-6-4-3-5-7-14)18(23)12-17(22)20-16-10-8-15(9-11-16)19(24)25-2/h3-11H,12-13H2,1-2H3,(H,20,22). The number of anilines is 1. The lowest BCUT2D eigenvalue weighted by Crippen LogP contribution is -2.30. The van der Waals surface area contributed by atoms with Gasteiger partial charge in [-0.15, -0.1) is 0 Å². The van der Waals surface area contributed by atoms with Gasteiger partial charge in [-0.25, -0.2) is 4.79 Å². The highest BCUT2D eigenvalue weighted by Gasteiger charge is 2.14. The number of rotatable bonds is 6. The molecular formula is C19H20N2O4. The van der Waals surface area contributed by atoms with Gasteiger partial charge in [-0.2, -0.15) is 0 Å². The Morgan fingerprint density at radius 3 is 2.24 bits per heavy atom. The van der Waals surface area contributed by atoms with E-state index >= 15 is 0 Å². The SMILES string of the molecule is COC(=O)c1ccc(NC(=O)CC(=O)N(C)Cc2ccccc2)cc1. The Balaban J connectivity index is 1.86. The number of methoxy groups -OCH3 is 1. The fraction of sp³-hybridized carbons (Fsp3) is 0.211. The fourth-order valence-corrected chi connectivity index (χ4v) is 2.23. The second-order valence-electron chi connectivity index (χ2n) is 5.53. The van der Waals surface area contributed by atoms with Crippen LogP contribution in [0.2, 0.25) is 0 Å². The van der Waals surface area contributed by atoms with Gasteiger partial charge in [-0.1, -0.05) is 30.3 Å². The molecule has 25 heavy (non-hydrogen) atoms. The Hall–Kier alpha value is -3.15. The summed E-state index contributed by atoms with van der Waals surface area (Å²) in [6.45, 7) is 0.445. The van der Waals surface area contributed by atoms with Gasteiger partial charge < -0.3 is 15.0 Å². The zero-order valence-corrected chi connectivity index (χ0v) is 14.2. The number of esters is 1. The molecule has 0 saturated carbocycles. The number of nitrogens with one attached hydrogen (secondary N) is 1. The highest BCUT2D eigenvalue weighted by atomic mass is 16.5. The molecule has 2 rings (SSSR count). The van der Waals surface area contributed by atoms with Crippen LogP contribution in [0.3, 0.4) is 0 Å². The van der Waals surface area contributed by atoms with Crippen molar-refractivity contribution in [1.82, 2.24) is 4.90 Å². The molecule has 1 N–H and O–H groups in total. The number of carbonyl (C=O) groups is 3. The van der Waals surface area contributed by atoms with E-state index in [9.17, 15) is 14.4 Å². The highest BCUT2D eigenvalue weighted by Crippen LogP contribution is 2.11. The molecule has 0 unspecified atom stereocenters. The van der Waals surface area contributed by atoms with Gasteiger partial charge in [0.1, 0.15) is 6.42 Å². The van der Waals surface area contributed by atoms with E-state index in [1.165, 1.54) is 12.0 Å². The number of carbonyl (C=O) groups excluding carboxylic acids is 3. The van der Waals surface area contributed by atoms with Gasteiger partial charge in [-0.05, 0) is 29.8 Å². The van der Waals surface area contributed by atoms with Crippen molar-refractivity contribution in [3.63, 3.8) is 0 Å². The number of benzene rings is 2. The molecule has 0 saturated heterocycles. The summed E-state index contributed by atoms with van der Waals surface area (Å²) in [4.78, 5) is 37.0. The second kappa shape index (κ2) is 8.63. The summed E-state index contributed by atoms with van der Waals surface area (Å²) in [5, 5.41) is 2.64. The van der Waals surface area contributed by atoms with Crippen LogP contribution in [0, 0.1) is 0 Å². The van der Waals surface area contributed by atoms with E-state index in [-0.39, 0.29) is 12.3 Å². The molecule has 2 aromatic carbocycles. The van der Waals surface area contributed by atoms with Gasteiger partial charge in [0.2, 0.25) is 11.8 Å². The molecule has 0 bridgehead atoms. The summed E-state index contributed by atoms with van der Waals surface area (Å²) in [7, 11) is 2.96. The molecule has 6 nitrogen and oxygen atoms in total. The lowest BCUT2D eigenvalue weighted by molar-refractivity contribution is -0.134. The molecule has 0 atom stereocenters. The van der Waals surface area contributed by atoms with Crippen LogP contribution >= 0.6 is 0 Å². The molecule has 0 fully saturated rings. The number of hydrogen-bond donors (Lipinski definition) is 1. The molecule has 6 heteroatoms. The largest absolute Gasteiger partial charge is 0.465 e. The molecule has 0 aliphatic rings. The minimum atomic E-state index is -0.449. The first-order valence-corrected chi connectivity index (χ1v) is 7.75. The van der Waals surface area contributed by atoms with Gasteiger partial charge in [0.15, 0.2) is 0 Å². The topological polar surface area (TPSA) is 75.7 Å². The van der Waals surface area contributed by atoms with Gasteiger partial charge in [0, 0.05) is 19.3 Å². The van der Waals surface area contributed by atoms with E-state index in [1.807, 2.05) is 30.3 Å². The molecule has 2 aromatic rings. The first kappa shape index (κ1) is 18.2. The fourth-order valence-electron chi connectivity index (χ4n) is 2.23. The summed E-state index contributed by atoms with van der Waals surface area (Å²) < 4.78 is 4.61. The van der Waals surface area contributed by atoms with Crippen LogP contribution in [-0.4, -0.2) is 36.8 Å². The van der Waals surface area contributed by atoms with Crippen LogP contribution in [0.25, 0.3) is 0 Å². The van der Waals surface area contributed by atoms with Crippen molar-refractivity contribution in [3.8, 4) is 0 Å². The van der Waals surface area contributed by atoms with Crippen LogP contribution < -0.4 is 5.32 Å². The molecule has 0 aliphatic heterocycles. The number of amides is 2. The van der Waals surface area contributed by atoms with Crippen LogP contribution in [0.1, 0.15) is 22.3 Å². The van der Waals surface area contributed by atoms with Gasteiger partial charge in [0.05, 0.1) is 12.7 Å². The quantitative estimate of drug-likeness (QED) is 0.647. The third-order valence-electron chi connectivity index (χ3n) is 3.59. The Kier molecular flexibility index (Phi) is 6.28. The van der Waals surface area contributed by atoms with Crippen LogP contribution in [0.4, 0.5) is 5.69 Å². The zero-order chi connectivity index (χ0) is 18.2. The molecule has 0 aliphatic carbocycles. The van der Waals surface area contributed by atoms with E-state index in [0.717, 1.165) is 5.56 Å². The molecule has 0 heterocycles. The van der Waals surface area contributed by atoms with Gasteiger partial charge in [-0.3, -0.25) is 9.59 Å². The van der Waals surface area contributed by atoms with Gasteiger partial charge in [0.25, 0.3) is 0 Å². The van der Waals surface area contributed by atoms with Crippen molar-refractivity contribution in [2.45, 2.75) is 13.0 Å². The van der Waals surface area contributed by atoms with Crippen molar-refractivity contribution < 1.29 is 19.1 Å². The van der Waals surface area contributed by atoms with Crippen LogP contribution in [0.5, 0.6) is 0 Å². The Morgan fingerprint density at radius 1 is 1.00 bits per heavy atom. The minimum Gasteiger partial charge on any atom is -0.465 e. The smallest absolute Gasteiger partial charge is 0.337 e. The molecule has 0 radical (unpaired) electrons. The van der Waals surface area contributed by atoms with E-state index in [0.29, 0.717) is 17.8 Å². The van der Waals surface area contributed by atoms with Crippen molar-refractivity contribution in [2.24, 2.45) is 0 Å². The Bertz CT molecular complexity index is 742. The van der Waals surface area contributed by atoms with Crippen molar-refractivity contribution in [2.75, 3.05) is 19.5 Å². The van der Waals surface area contributed by atoms with Crippen LogP contribution in [-0.2, 0) is 20.9 Å². The third kappa shape index (κ3) is 5.46. The number of hydrogen-bond acceptors (Lipinski definition) is 4. The van der Waals surface area contributed by atoms with E-state index in [1.54, 1.807) is 31.3 Å². The second-order valence-corrected chi connectivity index (χ2v) is 5.53. The molecule has 0 aromatic heterocycles. The zero-order valence-electron chi connectivity index (χ0n) is 14.2. The molecule has 130 valence electrons. The normalized spacial score (nSPS) is 10.0. The highest BCUT2D eigenvalue weighted by molar-refractivity contribution is 6.03. The first-order valence-electron chi connectivity index (χ1n) is 7.75. The maximum absolute atomic E-state index is 12.1. The van der Waals surface area contributed by atoms with Crippen LogP contribution in [0.15, 0.2) is 54.6 Å². The minimum absolute atomic E-state index is 0.248. The Morgan fingerprint density at radius 2 is 1.64 bits per heavy atom. The lowest BCUT2D eigenvalue weighted by Gasteiger charge is -2.17. The average molecular weight is 340 g/mol. The molecule has 2 amide bonds. The molecule has 0 spiro atoms. The first-order chi connectivity index (χ1) is 12.0. The number of nitrogens with zero attached hydrogens (tertiary/aromatic N) is 1. The van der Waals surface area contributed by atoms with Crippen molar-refractivity contribution in [3.05, 3.63) is 65.7 Å². The summed E-state index contributed by atoms with van der Waals surface area (Å²) in [6, 6.07) is 15.8. The predicted molar refractivity (Wildman–Crippen MR) is 93.9 cm³/mol. The summed E-state index contributed by atoms with van der Waals surface area (Å²) in [5.41, 5.74) is 1.90. The third-order valence-corrected chi connectivity index (χ3v) is 3.59. The maximum atomic E-state index is 12.1. The number of ether oxygens (including phenoxy) is 1. The summed E-state index contributed by atoms with van der Waals surface area (Å²) in [5.74, 6) is -1.13. The average Bonchev–Trinajstić information content (AvgIpc) is 2.62. The van der Waals surface area contributed by atoms with E-state index < -0.39 is 11.9 Å². The Labute approximate surface area is 146 Å². The lowest BCUT2D eigenvalue weighted by atomic mass is 10.2. The predicted octanol–water partition coefficient (Wildman–Crippen LogP) is 2.46. The summed E-state index contributed by atoms with van der Waals surface area (Å²) in [6.07, 6.45) is -0.248. The monoisotopic (exact) mass is 340 g/mol. The maximum Gasteiger partial charge on any atom is 0.337 e. The van der Waals surface area contributed by atoms with Gasteiger partial charge >= 0.3 is 5.97 Å². The van der Waals surface area contributed by atoms with Crippen molar-refractivity contribution in [1.29, 1.82) is 0 Å². The van der Waals surface area contributed by atoms with Crippen molar-refractivity contribution >= 4 is 23.5 Å².